The number of halogens is 1. The Morgan fingerprint density at radius 3 is 2.44 bits per heavy atom. The summed E-state index contributed by atoms with van der Waals surface area (Å²) in [5.74, 6) is -0.0783. The third kappa shape index (κ3) is 7.44. The second-order valence-electron chi connectivity index (χ2n) is 4.97. The first-order chi connectivity index (χ1) is 7.29. The van der Waals surface area contributed by atoms with Crippen molar-refractivity contribution in [1.82, 2.24) is 0 Å². The fourth-order valence-electron chi connectivity index (χ4n) is 1.37. The van der Waals surface area contributed by atoms with Crippen LogP contribution in [0.15, 0.2) is 0 Å². The molecule has 6 heteroatoms. The van der Waals surface area contributed by atoms with Crippen molar-refractivity contribution in [3.8, 4) is 0 Å². The molecule has 1 rings (SSSR count). The van der Waals surface area contributed by atoms with Crippen LogP contribution in [0.25, 0.3) is 0 Å². The van der Waals surface area contributed by atoms with Crippen molar-refractivity contribution in [1.29, 1.82) is 0 Å². The molecule has 0 spiro atoms. The van der Waals surface area contributed by atoms with Gasteiger partial charge in [-0.25, -0.2) is 8.42 Å². The fourth-order valence-corrected chi connectivity index (χ4v) is 3.27. The molecule has 0 radical (unpaired) electrons. The van der Waals surface area contributed by atoms with Crippen molar-refractivity contribution < 1.29 is 17.9 Å². The maximum Gasteiger partial charge on any atom is 0.233 e. The Labute approximate surface area is 102 Å². The molecule has 0 aromatic heterocycles. The molecule has 0 atom stereocenters. The SMILES string of the molecule is CC(C)(COCCOC1CC1)CS(=O)(=O)Cl. The molecule has 0 bridgehead atoms. The minimum Gasteiger partial charge on any atom is -0.378 e. The summed E-state index contributed by atoms with van der Waals surface area (Å²) in [4.78, 5) is 0. The Bertz CT molecular complexity index is 309. The van der Waals surface area contributed by atoms with Crippen LogP contribution in [0.5, 0.6) is 0 Å². The molecule has 0 aromatic rings. The first kappa shape index (κ1) is 14.2. The van der Waals surface area contributed by atoms with E-state index in [1.807, 2.05) is 13.8 Å². The Kier molecular flexibility index (Phi) is 5.04. The lowest BCUT2D eigenvalue weighted by atomic mass is 9.98. The number of hydrogen-bond donors (Lipinski definition) is 0. The highest BCUT2D eigenvalue weighted by Crippen LogP contribution is 2.23. The van der Waals surface area contributed by atoms with Crippen LogP contribution in [-0.4, -0.2) is 40.1 Å². The summed E-state index contributed by atoms with van der Waals surface area (Å²) in [6.45, 7) is 5.08. The lowest BCUT2D eigenvalue weighted by Crippen LogP contribution is -2.27. The minimum atomic E-state index is -3.47. The van der Waals surface area contributed by atoms with Gasteiger partial charge in [-0.1, -0.05) is 13.8 Å². The van der Waals surface area contributed by atoms with E-state index < -0.39 is 14.5 Å². The van der Waals surface area contributed by atoms with Crippen molar-refractivity contribution in [3.63, 3.8) is 0 Å². The zero-order chi connectivity index (χ0) is 12.2. The van der Waals surface area contributed by atoms with E-state index in [0.29, 0.717) is 25.9 Å². The summed E-state index contributed by atoms with van der Waals surface area (Å²) in [5, 5.41) is 0. The molecule has 0 aliphatic heterocycles. The lowest BCUT2D eigenvalue weighted by Gasteiger charge is -2.22. The van der Waals surface area contributed by atoms with E-state index in [2.05, 4.69) is 0 Å². The maximum atomic E-state index is 10.9. The summed E-state index contributed by atoms with van der Waals surface area (Å²) >= 11 is 0. The van der Waals surface area contributed by atoms with Gasteiger partial charge in [0.05, 0.1) is 31.7 Å². The van der Waals surface area contributed by atoms with Crippen LogP contribution in [0, 0.1) is 5.41 Å². The van der Waals surface area contributed by atoms with Crippen LogP contribution in [0.4, 0.5) is 0 Å². The molecule has 1 aliphatic rings. The molecule has 1 saturated carbocycles. The topological polar surface area (TPSA) is 52.6 Å². The van der Waals surface area contributed by atoms with Crippen molar-refractivity contribution in [2.45, 2.75) is 32.8 Å². The van der Waals surface area contributed by atoms with E-state index >= 15 is 0 Å². The molecule has 1 fully saturated rings. The van der Waals surface area contributed by atoms with Gasteiger partial charge in [-0.15, -0.1) is 0 Å². The van der Waals surface area contributed by atoms with Crippen molar-refractivity contribution in [2.24, 2.45) is 5.41 Å². The van der Waals surface area contributed by atoms with E-state index in [4.69, 9.17) is 20.2 Å². The van der Waals surface area contributed by atoms with Gasteiger partial charge in [-0.3, -0.25) is 0 Å². The van der Waals surface area contributed by atoms with Crippen LogP contribution in [0.3, 0.4) is 0 Å². The average Bonchev–Trinajstić information content (AvgIpc) is 2.82. The monoisotopic (exact) mass is 270 g/mol. The van der Waals surface area contributed by atoms with Crippen molar-refractivity contribution in [3.05, 3.63) is 0 Å². The van der Waals surface area contributed by atoms with Crippen LogP contribution < -0.4 is 0 Å². The molecule has 0 amide bonds. The Morgan fingerprint density at radius 2 is 1.94 bits per heavy atom. The van der Waals surface area contributed by atoms with E-state index in [9.17, 15) is 8.42 Å². The molecule has 1 aliphatic carbocycles. The Balaban J connectivity index is 2.09. The van der Waals surface area contributed by atoms with Gasteiger partial charge in [0.2, 0.25) is 9.05 Å². The van der Waals surface area contributed by atoms with Crippen LogP contribution >= 0.6 is 10.7 Å². The third-order valence-corrected chi connectivity index (χ3v) is 3.62. The molecule has 0 unspecified atom stereocenters. The van der Waals surface area contributed by atoms with Gasteiger partial charge in [0.1, 0.15) is 0 Å². The average molecular weight is 271 g/mol. The highest BCUT2D eigenvalue weighted by Gasteiger charge is 2.25. The second-order valence-corrected chi connectivity index (χ2v) is 7.75. The smallest absolute Gasteiger partial charge is 0.233 e. The molecule has 0 heterocycles. The zero-order valence-electron chi connectivity index (χ0n) is 9.74. The summed E-state index contributed by atoms with van der Waals surface area (Å²) in [6, 6.07) is 0. The lowest BCUT2D eigenvalue weighted by molar-refractivity contribution is 0.0151. The molecular formula is C10H19ClO4S. The second kappa shape index (κ2) is 5.67. The quantitative estimate of drug-likeness (QED) is 0.498. The summed E-state index contributed by atoms with van der Waals surface area (Å²) in [7, 11) is 1.73. The van der Waals surface area contributed by atoms with Gasteiger partial charge in [0.15, 0.2) is 0 Å². The van der Waals surface area contributed by atoms with E-state index in [1.165, 1.54) is 0 Å². The predicted molar refractivity (Wildman–Crippen MR) is 63.2 cm³/mol. The number of hydrogen-bond acceptors (Lipinski definition) is 4. The van der Waals surface area contributed by atoms with Gasteiger partial charge in [-0.05, 0) is 12.8 Å². The van der Waals surface area contributed by atoms with Crippen LogP contribution in [0.1, 0.15) is 26.7 Å². The van der Waals surface area contributed by atoms with E-state index in [1.54, 1.807) is 0 Å². The van der Waals surface area contributed by atoms with Crippen LogP contribution in [0.2, 0.25) is 0 Å². The molecule has 4 nitrogen and oxygen atoms in total. The minimum absolute atomic E-state index is 0.0783. The highest BCUT2D eigenvalue weighted by atomic mass is 35.7. The highest BCUT2D eigenvalue weighted by molar-refractivity contribution is 8.13. The fraction of sp³-hybridized carbons (Fsp3) is 1.00. The van der Waals surface area contributed by atoms with Gasteiger partial charge >= 0.3 is 0 Å². The predicted octanol–water partition coefficient (Wildman–Crippen LogP) is 1.78. The largest absolute Gasteiger partial charge is 0.378 e. The molecule has 0 aromatic carbocycles. The summed E-state index contributed by atoms with van der Waals surface area (Å²) in [5.41, 5.74) is -0.458. The molecular weight excluding hydrogens is 252 g/mol. The van der Waals surface area contributed by atoms with Crippen molar-refractivity contribution in [2.75, 3.05) is 25.6 Å². The summed E-state index contributed by atoms with van der Waals surface area (Å²) in [6.07, 6.45) is 2.73. The first-order valence-electron chi connectivity index (χ1n) is 5.40. The molecule has 96 valence electrons. The molecule has 16 heavy (non-hydrogen) atoms. The number of ether oxygens (including phenoxy) is 2. The standard InChI is InChI=1S/C10H19ClO4S/c1-10(2,8-16(11,12)13)7-14-5-6-15-9-3-4-9/h9H,3-8H2,1-2H3. The Morgan fingerprint density at radius 1 is 1.31 bits per heavy atom. The Hall–Kier alpha value is 0.160. The molecule has 0 N–H and O–H groups in total. The van der Waals surface area contributed by atoms with Gasteiger partial charge in [0.25, 0.3) is 0 Å². The third-order valence-electron chi connectivity index (χ3n) is 2.16. The molecule has 0 saturated heterocycles. The maximum absolute atomic E-state index is 10.9. The first-order valence-corrected chi connectivity index (χ1v) is 7.88. The van der Waals surface area contributed by atoms with Crippen LogP contribution in [-0.2, 0) is 18.5 Å². The normalized spacial score (nSPS) is 17.7. The number of rotatable bonds is 8. The van der Waals surface area contributed by atoms with E-state index in [-0.39, 0.29) is 5.75 Å². The van der Waals surface area contributed by atoms with Crippen molar-refractivity contribution >= 4 is 19.7 Å². The van der Waals surface area contributed by atoms with Gasteiger partial charge in [-0.2, -0.15) is 0 Å². The van der Waals surface area contributed by atoms with Gasteiger partial charge in [0, 0.05) is 16.1 Å². The van der Waals surface area contributed by atoms with E-state index in [0.717, 1.165) is 12.8 Å². The summed E-state index contributed by atoms with van der Waals surface area (Å²) < 4.78 is 32.6. The zero-order valence-corrected chi connectivity index (χ0v) is 11.3. The van der Waals surface area contributed by atoms with Gasteiger partial charge < -0.3 is 9.47 Å².